The predicted molar refractivity (Wildman–Crippen MR) is 116 cm³/mol. The van der Waals surface area contributed by atoms with Crippen molar-refractivity contribution in [3.63, 3.8) is 0 Å². The first kappa shape index (κ1) is 21.1. The second kappa shape index (κ2) is 8.39. The normalized spacial score (nSPS) is 13.0. The van der Waals surface area contributed by atoms with Crippen LogP contribution in [-0.4, -0.2) is 43.3 Å². The van der Waals surface area contributed by atoms with Gasteiger partial charge in [0, 0.05) is 37.6 Å². The lowest BCUT2D eigenvalue weighted by Crippen LogP contribution is -2.33. The molecule has 0 radical (unpaired) electrons. The summed E-state index contributed by atoms with van der Waals surface area (Å²) in [6.45, 7) is 4.50. The number of benzene rings is 2. The minimum atomic E-state index is -3.55. The van der Waals surface area contributed by atoms with E-state index in [1.807, 2.05) is 48.7 Å². The van der Waals surface area contributed by atoms with Crippen LogP contribution in [0.1, 0.15) is 36.3 Å². The van der Waals surface area contributed by atoms with Crippen molar-refractivity contribution in [3.8, 4) is 0 Å². The van der Waals surface area contributed by atoms with Gasteiger partial charge in [-0.15, -0.1) is 0 Å². The molecule has 0 aliphatic heterocycles. The Morgan fingerprint density at radius 2 is 1.79 bits per heavy atom. The van der Waals surface area contributed by atoms with Crippen molar-refractivity contribution in [1.82, 2.24) is 14.2 Å². The monoisotopic (exact) mass is 413 g/mol. The van der Waals surface area contributed by atoms with Gasteiger partial charge in [0.1, 0.15) is 5.69 Å². The van der Waals surface area contributed by atoms with Gasteiger partial charge in [0.05, 0.1) is 4.90 Å². The molecule has 1 amide bonds. The molecule has 1 atom stereocenters. The summed E-state index contributed by atoms with van der Waals surface area (Å²) < 4.78 is 28.2. The number of amides is 1. The van der Waals surface area contributed by atoms with Crippen molar-refractivity contribution < 1.29 is 13.2 Å². The molecule has 2 aromatic carbocycles. The summed E-state index contributed by atoms with van der Waals surface area (Å²) in [7, 11) is -0.540. The third kappa shape index (κ3) is 4.36. The smallest absolute Gasteiger partial charge is 0.268 e. The summed E-state index contributed by atoms with van der Waals surface area (Å²) in [6, 6.07) is 16.7. The summed E-state index contributed by atoms with van der Waals surface area (Å²) in [5.74, 6) is -0.163. The number of carbonyl (C=O) groups excluding carboxylic acids is 1. The van der Waals surface area contributed by atoms with Gasteiger partial charge in [0.2, 0.25) is 10.0 Å². The quantitative estimate of drug-likeness (QED) is 0.645. The van der Waals surface area contributed by atoms with Gasteiger partial charge >= 0.3 is 0 Å². The van der Waals surface area contributed by atoms with Crippen LogP contribution in [0.3, 0.4) is 0 Å². The van der Waals surface area contributed by atoms with Crippen molar-refractivity contribution in [2.45, 2.75) is 37.8 Å². The molecule has 0 aliphatic carbocycles. The maximum atomic E-state index is 12.9. The van der Waals surface area contributed by atoms with Crippen LogP contribution in [0.15, 0.2) is 59.5 Å². The van der Waals surface area contributed by atoms with Crippen LogP contribution in [-0.2, 0) is 16.6 Å². The second-order valence-corrected chi connectivity index (χ2v) is 9.54. The molecule has 0 saturated heterocycles. The van der Waals surface area contributed by atoms with Gasteiger partial charge in [-0.25, -0.2) is 12.7 Å². The first-order valence-corrected chi connectivity index (χ1v) is 11.1. The Balaban J connectivity index is 2.13. The van der Waals surface area contributed by atoms with Crippen LogP contribution in [0.4, 0.5) is 0 Å². The Morgan fingerprint density at radius 1 is 1.10 bits per heavy atom. The zero-order valence-electron chi connectivity index (χ0n) is 17.2. The molecule has 0 aliphatic rings. The Morgan fingerprint density at radius 3 is 2.41 bits per heavy atom. The van der Waals surface area contributed by atoms with Gasteiger partial charge in [0.15, 0.2) is 0 Å². The van der Waals surface area contributed by atoms with Crippen molar-refractivity contribution in [3.05, 3.63) is 65.9 Å². The average molecular weight is 414 g/mol. The van der Waals surface area contributed by atoms with Crippen LogP contribution in [0.5, 0.6) is 0 Å². The molecule has 1 heterocycles. The maximum Gasteiger partial charge on any atom is 0.268 e. The van der Waals surface area contributed by atoms with Crippen LogP contribution < -0.4 is 5.32 Å². The molecule has 3 rings (SSSR count). The summed E-state index contributed by atoms with van der Waals surface area (Å²) in [4.78, 5) is 13.1. The van der Waals surface area contributed by atoms with E-state index in [9.17, 15) is 13.2 Å². The highest BCUT2D eigenvalue weighted by atomic mass is 32.2. The van der Waals surface area contributed by atoms with Gasteiger partial charge in [-0.05, 0) is 43.2 Å². The number of carbonyl (C=O) groups is 1. The molecule has 1 aromatic heterocycles. The fraction of sp³-hybridized carbons (Fsp3) is 0.318. The second-order valence-electron chi connectivity index (χ2n) is 7.39. The molecule has 6 nitrogen and oxygen atoms in total. The first-order valence-electron chi connectivity index (χ1n) is 9.64. The van der Waals surface area contributed by atoms with Crippen LogP contribution >= 0.6 is 0 Å². The number of sulfonamides is 1. The maximum absolute atomic E-state index is 12.9. The fourth-order valence-corrected chi connectivity index (χ4v) is 4.08. The van der Waals surface area contributed by atoms with Crippen LogP contribution in [0.2, 0.25) is 0 Å². The molecule has 1 N–H and O–H groups in total. The molecule has 29 heavy (non-hydrogen) atoms. The van der Waals surface area contributed by atoms with Gasteiger partial charge in [-0.3, -0.25) is 4.79 Å². The van der Waals surface area contributed by atoms with Crippen molar-refractivity contribution in [2.24, 2.45) is 0 Å². The van der Waals surface area contributed by atoms with E-state index in [1.54, 1.807) is 24.3 Å². The minimum absolute atomic E-state index is 0.0513. The van der Waals surface area contributed by atoms with E-state index in [2.05, 4.69) is 5.32 Å². The molecule has 154 valence electrons. The number of hydrogen-bond acceptors (Lipinski definition) is 3. The summed E-state index contributed by atoms with van der Waals surface area (Å²) in [5.41, 5.74) is 2.40. The van der Waals surface area contributed by atoms with E-state index in [0.717, 1.165) is 22.9 Å². The molecule has 1 unspecified atom stereocenters. The highest BCUT2D eigenvalue weighted by Gasteiger charge is 2.21. The highest BCUT2D eigenvalue weighted by molar-refractivity contribution is 7.89. The summed E-state index contributed by atoms with van der Waals surface area (Å²) in [5, 5.41) is 3.73. The fourth-order valence-electron chi connectivity index (χ4n) is 3.14. The van der Waals surface area contributed by atoms with Crippen LogP contribution in [0, 0.1) is 0 Å². The molecule has 7 heteroatoms. The lowest BCUT2D eigenvalue weighted by Gasteiger charge is -2.15. The Kier molecular flexibility index (Phi) is 6.10. The zero-order valence-corrected chi connectivity index (χ0v) is 18.0. The highest BCUT2D eigenvalue weighted by Crippen LogP contribution is 2.26. The van der Waals surface area contributed by atoms with Crippen molar-refractivity contribution >= 4 is 26.8 Å². The Labute approximate surface area is 172 Å². The number of hydrogen-bond donors (Lipinski definition) is 1. The molecule has 0 bridgehead atoms. The van der Waals surface area contributed by atoms with E-state index in [-0.39, 0.29) is 16.8 Å². The zero-order chi connectivity index (χ0) is 21.2. The van der Waals surface area contributed by atoms with Gasteiger partial charge < -0.3 is 9.88 Å². The summed E-state index contributed by atoms with van der Waals surface area (Å²) >= 11 is 0. The number of fused-ring (bicyclic) bond motifs is 1. The largest absolute Gasteiger partial charge is 0.348 e. The van der Waals surface area contributed by atoms with E-state index in [0.29, 0.717) is 12.2 Å². The van der Waals surface area contributed by atoms with Crippen LogP contribution in [0.25, 0.3) is 10.9 Å². The topological polar surface area (TPSA) is 71.4 Å². The van der Waals surface area contributed by atoms with E-state index >= 15 is 0 Å². The molecular weight excluding hydrogens is 386 g/mol. The SMILES string of the molecule is CCC(C)NC(=O)c1cc2cc(S(=O)(=O)N(C)C)ccc2n1Cc1ccccc1. The lowest BCUT2D eigenvalue weighted by molar-refractivity contribution is 0.0931. The molecular formula is C22H27N3O3S. The number of nitrogens with one attached hydrogen (secondary N) is 1. The van der Waals surface area contributed by atoms with Gasteiger partial charge in [0.25, 0.3) is 5.91 Å². The molecule has 0 saturated carbocycles. The van der Waals surface area contributed by atoms with Gasteiger partial charge in [-0.2, -0.15) is 0 Å². The van der Waals surface area contributed by atoms with E-state index < -0.39 is 10.0 Å². The molecule has 0 fully saturated rings. The third-order valence-electron chi connectivity index (χ3n) is 5.06. The van der Waals surface area contributed by atoms with E-state index in [1.165, 1.54) is 18.4 Å². The van der Waals surface area contributed by atoms with Crippen molar-refractivity contribution in [1.29, 1.82) is 0 Å². The van der Waals surface area contributed by atoms with E-state index in [4.69, 9.17) is 0 Å². The lowest BCUT2D eigenvalue weighted by atomic mass is 10.2. The Bertz CT molecular complexity index is 1120. The standard InChI is InChI=1S/C22H27N3O3S/c1-5-16(2)23-22(26)21-14-18-13-19(29(27,28)24(3)4)11-12-20(18)25(21)15-17-9-7-6-8-10-17/h6-14,16H,5,15H2,1-4H3,(H,23,26). The number of nitrogens with zero attached hydrogens (tertiary/aromatic N) is 2. The third-order valence-corrected chi connectivity index (χ3v) is 6.87. The number of rotatable bonds is 7. The van der Waals surface area contributed by atoms with Crippen molar-refractivity contribution in [2.75, 3.05) is 14.1 Å². The Hall–Kier alpha value is -2.64. The molecule has 3 aromatic rings. The molecule has 0 spiro atoms. The predicted octanol–water partition coefficient (Wildman–Crippen LogP) is 3.47. The average Bonchev–Trinajstić information content (AvgIpc) is 3.06. The summed E-state index contributed by atoms with van der Waals surface area (Å²) in [6.07, 6.45) is 0.829. The first-order chi connectivity index (χ1) is 13.7. The minimum Gasteiger partial charge on any atom is -0.348 e. The number of aromatic nitrogens is 1. The van der Waals surface area contributed by atoms with Gasteiger partial charge in [-0.1, -0.05) is 37.3 Å².